The number of hydrogen-bond donors (Lipinski definition) is 1. The molecule has 7 heteroatoms. The molecular formula is C20H26N2O5. The molecule has 0 bridgehead atoms. The van der Waals surface area contributed by atoms with E-state index in [2.05, 4.69) is 5.32 Å². The summed E-state index contributed by atoms with van der Waals surface area (Å²) in [6, 6.07) is 5.37. The Hall–Kier alpha value is -2.70. The van der Waals surface area contributed by atoms with Gasteiger partial charge in [-0.15, -0.1) is 0 Å². The highest BCUT2D eigenvalue weighted by Gasteiger charge is 2.43. The molecule has 1 aromatic rings. The molecule has 0 unspecified atom stereocenters. The van der Waals surface area contributed by atoms with Gasteiger partial charge in [-0.3, -0.25) is 19.3 Å². The van der Waals surface area contributed by atoms with Crippen LogP contribution in [0, 0.1) is 5.92 Å². The average molecular weight is 374 g/mol. The van der Waals surface area contributed by atoms with Gasteiger partial charge in [-0.2, -0.15) is 0 Å². The molecule has 0 spiro atoms. The number of esters is 1. The second-order valence-corrected chi connectivity index (χ2v) is 7.16. The summed E-state index contributed by atoms with van der Waals surface area (Å²) < 4.78 is 5.12. The Morgan fingerprint density at radius 2 is 1.63 bits per heavy atom. The van der Waals surface area contributed by atoms with Crippen molar-refractivity contribution in [2.75, 3.05) is 6.61 Å². The molecular weight excluding hydrogens is 348 g/mol. The normalized spacial score (nSPS) is 15.5. The molecule has 1 heterocycles. The molecule has 7 nitrogen and oxygen atoms in total. The van der Waals surface area contributed by atoms with E-state index >= 15 is 0 Å². The summed E-state index contributed by atoms with van der Waals surface area (Å²) in [6.07, 6.45) is 1.02. The van der Waals surface area contributed by atoms with Crippen molar-refractivity contribution in [2.45, 2.75) is 52.6 Å². The lowest BCUT2D eigenvalue weighted by atomic mass is 10.0. The summed E-state index contributed by atoms with van der Waals surface area (Å²) in [5.74, 6) is -2.15. The standard InChI is InChI=1S/C20H26N2O5/c1-5-13(4)21-17(23)11-27-20(26)16(10-12(2)3)22-18(24)14-8-6-7-9-15(14)19(22)25/h6-9,12-13,16H,5,10-11H2,1-4H3,(H,21,23)/t13-,16+/m1/s1. The van der Waals surface area contributed by atoms with Crippen LogP contribution in [0.4, 0.5) is 0 Å². The van der Waals surface area contributed by atoms with Crippen molar-refractivity contribution in [1.29, 1.82) is 0 Å². The maximum atomic E-state index is 12.7. The van der Waals surface area contributed by atoms with E-state index in [0.717, 1.165) is 11.3 Å². The van der Waals surface area contributed by atoms with Gasteiger partial charge in [0.05, 0.1) is 11.1 Å². The number of carbonyl (C=O) groups is 4. The van der Waals surface area contributed by atoms with E-state index in [1.165, 1.54) is 0 Å². The topological polar surface area (TPSA) is 92.8 Å². The maximum absolute atomic E-state index is 12.7. The number of nitrogens with one attached hydrogen (secondary N) is 1. The third-order valence-corrected chi connectivity index (χ3v) is 4.47. The minimum atomic E-state index is -1.06. The third kappa shape index (κ3) is 4.72. The fourth-order valence-corrected chi connectivity index (χ4v) is 2.90. The smallest absolute Gasteiger partial charge is 0.329 e. The molecule has 146 valence electrons. The highest BCUT2D eigenvalue weighted by Crippen LogP contribution is 2.27. The van der Waals surface area contributed by atoms with Crippen LogP contribution in [-0.2, 0) is 14.3 Å². The lowest BCUT2D eigenvalue weighted by Gasteiger charge is -2.26. The molecule has 1 N–H and O–H groups in total. The zero-order chi connectivity index (χ0) is 20.1. The van der Waals surface area contributed by atoms with Crippen LogP contribution < -0.4 is 5.32 Å². The zero-order valence-electron chi connectivity index (χ0n) is 16.2. The Bertz CT molecular complexity index is 709. The fourth-order valence-electron chi connectivity index (χ4n) is 2.90. The van der Waals surface area contributed by atoms with Gasteiger partial charge in [0.15, 0.2) is 6.61 Å². The second kappa shape index (κ2) is 8.79. The van der Waals surface area contributed by atoms with Gasteiger partial charge in [-0.25, -0.2) is 4.79 Å². The van der Waals surface area contributed by atoms with Crippen LogP contribution in [0.25, 0.3) is 0 Å². The van der Waals surface area contributed by atoms with Gasteiger partial charge in [0.25, 0.3) is 17.7 Å². The molecule has 27 heavy (non-hydrogen) atoms. The molecule has 0 saturated heterocycles. The first-order valence-corrected chi connectivity index (χ1v) is 9.19. The average Bonchev–Trinajstić information content (AvgIpc) is 2.88. The molecule has 2 atom stereocenters. The van der Waals surface area contributed by atoms with Crippen molar-refractivity contribution in [1.82, 2.24) is 10.2 Å². The number of amides is 3. The number of ether oxygens (including phenoxy) is 1. The molecule has 3 amide bonds. The fraction of sp³-hybridized carbons (Fsp3) is 0.500. The van der Waals surface area contributed by atoms with E-state index in [0.29, 0.717) is 0 Å². The van der Waals surface area contributed by atoms with E-state index < -0.39 is 36.3 Å². The molecule has 1 aliphatic rings. The number of carbonyl (C=O) groups excluding carboxylic acids is 4. The number of hydrogen-bond acceptors (Lipinski definition) is 5. The molecule has 2 rings (SSSR count). The van der Waals surface area contributed by atoms with E-state index in [4.69, 9.17) is 4.74 Å². The quantitative estimate of drug-likeness (QED) is 0.556. The van der Waals surface area contributed by atoms with E-state index in [1.54, 1.807) is 24.3 Å². The van der Waals surface area contributed by atoms with E-state index in [-0.39, 0.29) is 29.5 Å². The van der Waals surface area contributed by atoms with Crippen LogP contribution >= 0.6 is 0 Å². The summed E-state index contributed by atoms with van der Waals surface area (Å²) in [5, 5.41) is 2.70. The summed E-state index contributed by atoms with van der Waals surface area (Å²) in [5.41, 5.74) is 0.553. The van der Waals surface area contributed by atoms with E-state index in [1.807, 2.05) is 27.7 Å². The number of nitrogens with zero attached hydrogens (tertiary/aromatic N) is 1. The van der Waals surface area contributed by atoms with Crippen LogP contribution in [-0.4, -0.2) is 47.3 Å². The van der Waals surface area contributed by atoms with Gasteiger partial charge in [0.1, 0.15) is 6.04 Å². The van der Waals surface area contributed by atoms with Gasteiger partial charge in [-0.1, -0.05) is 32.9 Å². The first-order chi connectivity index (χ1) is 12.8. The Morgan fingerprint density at radius 1 is 1.07 bits per heavy atom. The van der Waals surface area contributed by atoms with Crippen LogP contribution in [0.5, 0.6) is 0 Å². The minimum Gasteiger partial charge on any atom is -0.454 e. The predicted octanol–water partition coefficient (Wildman–Crippen LogP) is 2.16. The van der Waals surface area contributed by atoms with Gasteiger partial charge in [0.2, 0.25) is 0 Å². The Labute approximate surface area is 159 Å². The summed E-state index contributed by atoms with van der Waals surface area (Å²) >= 11 is 0. The summed E-state index contributed by atoms with van der Waals surface area (Å²) in [7, 11) is 0. The first-order valence-electron chi connectivity index (χ1n) is 9.19. The van der Waals surface area contributed by atoms with Crippen LogP contribution in [0.1, 0.15) is 61.3 Å². The number of rotatable bonds is 8. The third-order valence-electron chi connectivity index (χ3n) is 4.47. The second-order valence-electron chi connectivity index (χ2n) is 7.16. The lowest BCUT2D eigenvalue weighted by Crippen LogP contribution is -2.47. The molecule has 0 saturated carbocycles. The van der Waals surface area contributed by atoms with Crippen LogP contribution in [0.2, 0.25) is 0 Å². The zero-order valence-corrected chi connectivity index (χ0v) is 16.2. The lowest BCUT2D eigenvalue weighted by molar-refractivity contribution is -0.153. The highest BCUT2D eigenvalue weighted by atomic mass is 16.5. The van der Waals surface area contributed by atoms with Gasteiger partial charge in [-0.05, 0) is 37.8 Å². The number of imide groups is 1. The number of benzene rings is 1. The van der Waals surface area contributed by atoms with Crippen molar-refractivity contribution >= 4 is 23.7 Å². The van der Waals surface area contributed by atoms with Crippen molar-refractivity contribution < 1.29 is 23.9 Å². The Morgan fingerprint density at radius 3 is 2.11 bits per heavy atom. The molecule has 1 aromatic carbocycles. The molecule has 0 radical (unpaired) electrons. The van der Waals surface area contributed by atoms with Crippen molar-refractivity contribution in [3.63, 3.8) is 0 Å². The van der Waals surface area contributed by atoms with Gasteiger partial charge >= 0.3 is 5.97 Å². The van der Waals surface area contributed by atoms with E-state index in [9.17, 15) is 19.2 Å². The highest BCUT2D eigenvalue weighted by molar-refractivity contribution is 6.22. The minimum absolute atomic E-state index is 0.0288. The Kier molecular flexibility index (Phi) is 6.71. The SMILES string of the molecule is CC[C@@H](C)NC(=O)COC(=O)[C@H](CC(C)C)N1C(=O)c2ccccc2C1=O. The molecule has 1 aliphatic heterocycles. The van der Waals surface area contributed by atoms with Crippen molar-refractivity contribution in [3.8, 4) is 0 Å². The van der Waals surface area contributed by atoms with Crippen molar-refractivity contribution in [3.05, 3.63) is 35.4 Å². The predicted molar refractivity (Wildman–Crippen MR) is 99.0 cm³/mol. The largest absolute Gasteiger partial charge is 0.454 e. The first kappa shape index (κ1) is 20.6. The summed E-state index contributed by atoms with van der Waals surface area (Å²) in [4.78, 5) is 50.8. The maximum Gasteiger partial charge on any atom is 0.329 e. The molecule has 0 aliphatic carbocycles. The summed E-state index contributed by atoms with van der Waals surface area (Å²) in [6.45, 7) is 7.10. The Balaban J connectivity index is 2.14. The molecule has 0 fully saturated rings. The van der Waals surface area contributed by atoms with Gasteiger partial charge in [0, 0.05) is 6.04 Å². The van der Waals surface area contributed by atoms with Crippen LogP contribution in [0.3, 0.4) is 0 Å². The monoisotopic (exact) mass is 374 g/mol. The van der Waals surface area contributed by atoms with Gasteiger partial charge < -0.3 is 10.1 Å². The number of fused-ring (bicyclic) bond motifs is 1. The van der Waals surface area contributed by atoms with Crippen LogP contribution in [0.15, 0.2) is 24.3 Å². The molecule has 0 aromatic heterocycles. The van der Waals surface area contributed by atoms with Crippen molar-refractivity contribution in [2.24, 2.45) is 5.92 Å².